The first-order valence-electron chi connectivity index (χ1n) is 6.07. The predicted octanol–water partition coefficient (Wildman–Crippen LogP) is 2.57. The van der Waals surface area contributed by atoms with E-state index in [-0.39, 0.29) is 0 Å². The minimum absolute atomic E-state index is 0.550. The molecular formula is C14H23NO. The number of benzene rings is 1. The van der Waals surface area contributed by atoms with Crippen molar-refractivity contribution in [1.82, 2.24) is 5.32 Å². The summed E-state index contributed by atoms with van der Waals surface area (Å²) in [5.74, 6) is 0.550. The Labute approximate surface area is 98.7 Å². The maximum absolute atomic E-state index is 10.4. The SMILES string of the molecule is CC[C@@](O)(Cc1ccccc1)NCC(C)C. The van der Waals surface area contributed by atoms with Gasteiger partial charge in [-0.3, -0.25) is 5.32 Å². The molecule has 2 N–H and O–H groups in total. The van der Waals surface area contributed by atoms with Crippen molar-refractivity contribution < 1.29 is 5.11 Å². The fraction of sp³-hybridized carbons (Fsp3) is 0.571. The Morgan fingerprint density at radius 3 is 2.38 bits per heavy atom. The first kappa shape index (κ1) is 13.2. The van der Waals surface area contributed by atoms with Crippen LogP contribution in [0.2, 0.25) is 0 Å². The molecule has 0 aliphatic rings. The molecule has 0 aliphatic carbocycles. The fourth-order valence-electron chi connectivity index (χ4n) is 1.64. The van der Waals surface area contributed by atoms with E-state index >= 15 is 0 Å². The molecule has 1 rings (SSSR count). The van der Waals surface area contributed by atoms with Gasteiger partial charge in [-0.2, -0.15) is 0 Å². The van der Waals surface area contributed by atoms with Gasteiger partial charge in [0.15, 0.2) is 0 Å². The minimum Gasteiger partial charge on any atom is -0.376 e. The maximum atomic E-state index is 10.4. The Hall–Kier alpha value is -0.860. The lowest BCUT2D eigenvalue weighted by atomic mass is 9.99. The van der Waals surface area contributed by atoms with E-state index in [0.717, 1.165) is 6.54 Å². The molecule has 0 amide bonds. The highest BCUT2D eigenvalue weighted by Crippen LogP contribution is 2.14. The van der Waals surface area contributed by atoms with Crippen LogP contribution in [-0.2, 0) is 6.42 Å². The van der Waals surface area contributed by atoms with Crippen molar-refractivity contribution >= 4 is 0 Å². The summed E-state index contributed by atoms with van der Waals surface area (Å²) in [5.41, 5.74) is 0.397. The van der Waals surface area contributed by atoms with E-state index in [4.69, 9.17) is 0 Å². The van der Waals surface area contributed by atoms with Crippen molar-refractivity contribution in [3.63, 3.8) is 0 Å². The summed E-state index contributed by atoms with van der Waals surface area (Å²) in [5, 5.41) is 13.7. The van der Waals surface area contributed by atoms with Gasteiger partial charge in [0.2, 0.25) is 0 Å². The lowest BCUT2D eigenvalue weighted by molar-refractivity contribution is -0.000689. The first-order chi connectivity index (χ1) is 7.56. The van der Waals surface area contributed by atoms with Crippen LogP contribution < -0.4 is 5.32 Å². The summed E-state index contributed by atoms with van der Waals surface area (Å²) in [6, 6.07) is 10.1. The Balaban J connectivity index is 2.59. The highest BCUT2D eigenvalue weighted by Gasteiger charge is 2.24. The number of aliphatic hydroxyl groups is 1. The quantitative estimate of drug-likeness (QED) is 0.724. The Morgan fingerprint density at radius 2 is 1.88 bits per heavy atom. The minimum atomic E-state index is -0.772. The topological polar surface area (TPSA) is 32.3 Å². The average Bonchev–Trinajstić information content (AvgIpc) is 2.28. The zero-order valence-corrected chi connectivity index (χ0v) is 10.5. The lowest BCUT2D eigenvalue weighted by Crippen LogP contribution is -2.48. The number of hydrogen-bond acceptors (Lipinski definition) is 2. The van der Waals surface area contributed by atoms with Gasteiger partial charge in [-0.05, 0) is 17.9 Å². The molecule has 0 aliphatic heterocycles. The van der Waals surface area contributed by atoms with Crippen LogP contribution in [0.4, 0.5) is 0 Å². The van der Waals surface area contributed by atoms with E-state index in [1.54, 1.807) is 0 Å². The zero-order chi connectivity index (χ0) is 12.0. The van der Waals surface area contributed by atoms with E-state index in [9.17, 15) is 5.11 Å². The fourth-order valence-corrected chi connectivity index (χ4v) is 1.64. The molecule has 1 aromatic carbocycles. The average molecular weight is 221 g/mol. The monoisotopic (exact) mass is 221 g/mol. The molecule has 0 spiro atoms. The number of hydrogen-bond donors (Lipinski definition) is 2. The molecule has 16 heavy (non-hydrogen) atoms. The van der Waals surface area contributed by atoms with Gasteiger partial charge in [0, 0.05) is 13.0 Å². The molecule has 2 heteroatoms. The van der Waals surface area contributed by atoms with Crippen molar-refractivity contribution in [2.75, 3.05) is 6.54 Å². The molecule has 0 saturated heterocycles. The number of nitrogens with one attached hydrogen (secondary N) is 1. The van der Waals surface area contributed by atoms with E-state index in [1.807, 2.05) is 25.1 Å². The van der Waals surface area contributed by atoms with Crippen LogP contribution in [0.1, 0.15) is 32.8 Å². The van der Waals surface area contributed by atoms with E-state index in [1.165, 1.54) is 5.56 Å². The summed E-state index contributed by atoms with van der Waals surface area (Å²) in [6.45, 7) is 7.14. The summed E-state index contributed by atoms with van der Waals surface area (Å²) < 4.78 is 0. The molecule has 0 heterocycles. The second kappa shape index (κ2) is 6.02. The maximum Gasteiger partial charge on any atom is 0.119 e. The van der Waals surface area contributed by atoms with Crippen molar-refractivity contribution in [2.45, 2.75) is 39.3 Å². The molecule has 0 bridgehead atoms. The van der Waals surface area contributed by atoms with Gasteiger partial charge >= 0.3 is 0 Å². The normalized spacial score (nSPS) is 15.1. The van der Waals surface area contributed by atoms with Crippen LogP contribution in [0.5, 0.6) is 0 Å². The molecule has 90 valence electrons. The molecule has 1 atom stereocenters. The Morgan fingerprint density at radius 1 is 1.25 bits per heavy atom. The summed E-state index contributed by atoms with van der Waals surface area (Å²) >= 11 is 0. The Bertz CT molecular complexity index is 297. The van der Waals surface area contributed by atoms with Gasteiger partial charge in [-0.25, -0.2) is 0 Å². The second-order valence-electron chi connectivity index (χ2n) is 4.82. The molecule has 0 unspecified atom stereocenters. The third-order valence-electron chi connectivity index (χ3n) is 2.76. The van der Waals surface area contributed by atoms with E-state index < -0.39 is 5.72 Å². The van der Waals surface area contributed by atoms with Crippen LogP contribution in [0.25, 0.3) is 0 Å². The molecule has 0 radical (unpaired) electrons. The Kier molecular flexibility index (Phi) is 4.97. The van der Waals surface area contributed by atoms with Crippen molar-refractivity contribution in [3.05, 3.63) is 35.9 Å². The lowest BCUT2D eigenvalue weighted by Gasteiger charge is -2.29. The summed E-state index contributed by atoms with van der Waals surface area (Å²) in [6.07, 6.45) is 1.38. The van der Waals surface area contributed by atoms with Gasteiger partial charge in [0.1, 0.15) is 5.72 Å². The first-order valence-corrected chi connectivity index (χ1v) is 6.07. The van der Waals surface area contributed by atoms with E-state index in [2.05, 4.69) is 31.3 Å². The molecule has 0 saturated carbocycles. The van der Waals surface area contributed by atoms with Crippen LogP contribution in [0, 0.1) is 5.92 Å². The molecule has 1 aromatic rings. The van der Waals surface area contributed by atoms with Crippen molar-refractivity contribution in [1.29, 1.82) is 0 Å². The molecule has 0 fully saturated rings. The van der Waals surface area contributed by atoms with Crippen LogP contribution in [-0.4, -0.2) is 17.4 Å². The standard InChI is InChI=1S/C14H23NO/c1-4-14(16,15-11-12(2)3)10-13-8-6-5-7-9-13/h5-9,12,15-16H,4,10-11H2,1-3H3/t14-/m1/s1. The molecule has 0 aromatic heterocycles. The largest absolute Gasteiger partial charge is 0.376 e. The van der Waals surface area contributed by atoms with Gasteiger partial charge in [-0.15, -0.1) is 0 Å². The van der Waals surface area contributed by atoms with Gasteiger partial charge in [0.25, 0.3) is 0 Å². The highest BCUT2D eigenvalue weighted by atomic mass is 16.3. The summed E-state index contributed by atoms with van der Waals surface area (Å²) in [7, 11) is 0. The van der Waals surface area contributed by atoms with Crippen molar-refractivity contribution in [2.24, 2.45) is 5.92 Å². The third kappa shape index (κ3) is 4.33. The van der Waals surface area contributed by atoms with E-state index in [0.29, 0.717) is 18.8 Å². The van der Waals surface area contributed by atoms with Crippen LogP contribution in [0.15, 0.2) is 30.3 Å². The zero-order valence-electron chi connectivity index (χ0n) is 10.5. The van der Waals surface area contributed by atoms with Gasteiger partial charge in [-0.1, -0.05) is 51.1 Å². The smallest absolute Gasteiger partial charge is 0.119 e. The van der Waals surface area contributed by atoms with Crippen LogP contribution >= 0.6 is 0 Å². The number of rotatable bonds is 6. The molecular weight excluding hydrogens is 198 g/mol. The molecule has 2 nitrogen and oxygen atoms in total. The summed E-state index contributed by atoms with van der Waals surface area (Å²) in [4.78, 5) is 0. The highest BCUT2D eigenvalue weighted by molar-refractivity contribution is 5.16. The van der Waals surface area contributed by atoms with Gasteiger partial charge < -0.3 is 5.11 Å². The van der Waals surface area contributed by atoms with Crippen molar-refractivity contribution in [3.8, 4) is 0 Å². The second-order valence-corrected chi connectivity index (χ2v) is 4.82. The predicted molar refractivity (Wildman–Crippen MR) is 68.2 cm³/mol. The van der Waals surface area contributed by atoms with Gasteiger partial charge in [0.05, 0.1) is 0 Å². The van der Waals surface area contributed by atoms with Crippen LogP contribution in [0.3, 0.4) is 0 Å². The third-order valence-corrected chi connectivity index (χ3v) is 2.76.